The van der Waals surface area contributed by atoms with Gasteiger partial charge >= 0.3 is 0 Å². The van der Waals surface area contributed by atoms with Gasteiger partial charge in [0.05, 0.1) is 17.9 Å². The molecule has 1 saturated heterocycles. The number of rotatable bonds is 7. The summed E-state index contributed by atoms with van der Waals surface area (Å²) in [5.41, 5.74) is 0. The summed E-state index contributed by atoms with van der Waals surface area (Å²) in [4.78, 5) is 23.7. The van der Waals surface area contributed by atoms with Gasteiger partial charge in [-0.05, 0) is 32.1 Å². The summed E-state index contributed by atoms with van der Waals surface area (Å²) in [5.74, 6) is -0.946. The van der Waals surface area contributed by atoms with Gasteiger partial charge in [0.1, 0.15) is 6.04 Å². The fraction of sp³-hybridized carbons (Fsp3) is 0.812. The van der Waals surface area contributed by atoms with Gasteiger partial charge in [-0.2, -0.15) is 5.26 Å². The van der Waals surface area contributed by atoms with E-state index in [4.69, 9.17) is 0 Å². The van der Waals surface area contributed by atoms with Crippen molar-refractivity contribution in [1.82, 2.24) is 15.4 Å². The molecule has 25 heavy (non-hydrogen) atoms. The molecule has 0 aromatic heterocycles. The van der Waals surface area contributed by atoms with Crippen molar-refractivity contribution in [1.29, 1.82) is 5.26 Å². The van der Waals surface area contributed by atoms with Gasteiger partial charge in [-0.25, -0.2) is 13.1 Å². The predicted molar refractivity (Wildman–Crippen MR) is 91.7 cm³/mol. The lowest BCUT2D eigenvalue weighted by atomic mass is 9.92. The van der Waals surface area contributed by atoms with Crippen LogP contribution in [0.25, 0.3) is 0 Å². The van der Waals surface area contributed by atoms with Crippen LogP contribution in [0.15, 0.2) is 0 Å². The molecule has 0 unspecified atom stereocenters. The lowest BCUT2D eigenvalue weighted by Gasteiger charge is -2.24. The second kappa shape index (κ2) is 9.15. The van der Waals surface area contributed by atoms with E-state index in [1.807, 2.05) is 6.07 Å². The molecule has 2 atom stereocenters. The van der Waals surface area contributed by atoms with E-state index in [2.05, 4.69) is 15.4 Å². The number of hydrogen-bond donors (Lipinski definition) is 3. The quantitative estimate of drug-likeness (QED) is 0.588. The first kappa shape index (κ1) is 19.7. The van der Waals surface area contributed by atoms with Gasteiger partial charge < -0.3 is 10.6 Å². The summed E-state index contributed by atoms with van der Waals surface area (Å²) in [6.45, 7) is 0.260. The van der Waals surface area contributed by atoms with Crippen LogP contribution in [-0.4, -0.2) is 44.6 Å². The first-order valence-electron chi connectivity index (χ1n) is 8.87. The van der Waals surface area contributed by atoms with Gasteiger partial charge in [0.25, 0.3) is 0 Å². The number of carbonyl (C=O) groups excluding carboxylic acids is 2. The first-order chi connectivity index (χ1) is 11.9. The minimum Gasteiger partial charge on any atom is -0.356 e. The third-order valence-corrected chi connectivity index (χ3v) is 6.73. The number of amides is 2. The Morgan fingerprint density at radius 2 is 1.96 bits per heavy atom. The van der Waals surface area contributed by atoms with Crippen molar-refractivity contribution in [2.45, 2.75) is 62.7 Å². The molecular weight excluding hydrogens is 344 g/mol. The lowest BCUT2D eigenvalue weighted by Crippen LogP contribution is -2.46. The average molecular weight is 370 g/mol. The SMILES string of the molecule is N#C[C@H](C[C@@H]1CCCNC1=O)NC(=O)CNS(=O)(=O)C1CCCCC1. The Kier molecular flexibility index (Phi) is 7.20. The van der Waals surface area contributed by atoms with E-state index in [1.165, 1.54) is 0 Å². The minimum absolute atomic E-state index is 0.0984. The van der Waals surface area contributed by atoms with Crippen molar-refractivity contribution in [2.75, 3.05) is 13.1 Å². The highest BCUT2D eigenvalue weighted by Crippen LogP contribution is 2.22. The van der Waals surface area contributed by atoms with E-state index in [9.17, 15) is 23.3 Å². The number of nitrogens with one attached hydrogen (secondary N) is 3. The number of hydrogen-bond acceptors (Lipinski definition) is 5. The number of nitriles is 1. The zero-order chi connectivity index (χ0) is 18.3. The molecule has 0 aromatic carbocycles. The largest absolute Gasteiger partial charge is 0.356 e. The second-order valence-corrected chi connectivity index (χ2v) is 8.79. The van der Waals surface area contributed by atoms with Crippen molar-refractivity contribution < 1.29 is 18.0 Å². The van der Waals surface area contributed by atoms with Gasteiger partial charge in [-0.3, -0.25) is 9.59 Å². The van der Waals surface area contributed by atoms with Gasteiger partial charge in [-0.1, -0.05) is 19.3 Å². The Labute approximate surface area is 148 Å². The Balaban J connectivity index is 1.79. The Bertz CT molecular complexity index is 623. The van der Waals surface area contributed by atoms with Crippen molar-refractivity contribution in [3.63, 3.8) is 0 Å². The molecule has 3 N–H and O–H groups in total. The molecule has 2 amide bonds. The summed E-state index contributed by atoms with van der Waals surface area (Å²) < 4.78 is 26.7. The highest BCUT2D eigenvalue weighted by Gasteiger charge is 2.29. The van der Waals surface area contributed by atoms with Crippen molar-refractivity contribution >= 4 is 21.8 Å². The van der Waals surface area contributed by atoms with Crippen LogP contribution in [0.2, 0.25) is 0 Å². The lowest BCUT2D eigenvalue weighted by molar-refractivity contribution is -0.127. The average Bonchev–Trinajstić information content (AvgIpc) is 2.62. The Hall–Kier alpha value is -1.66. The summed E-state index contributed by atoms with van der Waals surface area (Å²) in [7, 11) is -3.51. The van der Waals surface area contributed by atoms with Crippen LogP contribution < -0.4 is 15.4 Å². The Morgan fingerprint density at radius 3 is 2.60 bits per heavy atom. The molecule has 0 radical (unpaired) electrons. The Morgan fingerprint density at radius 1 is 1.24 bits per heavy atom. The maximum Gasteiger partial charge on any atom is 0.236 e. The maximum atomic E-state index is 12.2. The molecule has 2 fully saturated rings. The number of piperidine rings is 1. The molecule has 2 rings (SSSR count). The summed E-state index contributed by atoms with van der Waals surface area (Å²) >= 11 is 0. The summed E-state index contributed by atoms with van der Waals surface area (Å²) in [5, 5.41) is 14.0. The molecule has 0 bridgehead atoms. The molecule has 1 heterocycles. The van der Waals surface area contributed by atoms with Gasteiger partial charge in [-0.15, -0.1) is 0 Å². The molecule has 1 aliphatic heterocycles. The maximum absolute atomic E-state index is 12.2. The fourth-order valence-corrected chi connectivity index (χ4v) is 4.92. The highest BCUT2D eigenvalue weighted by atomic mass is 32.2. The van der Waals surface area contributed by atoms with Crippen LogP contribution in [0.1, 0.15) is 51.4 Å². The third-order valence-electron chi connectivity index (χ3n) is 4.84. The molecule has 1 aliphatic carbocycles. The van der Waals surface area contributed by atoms with Crippen LogP contribution in [0.4, 0.5) is 0 Å². The number of sulfonamides is 1. The normalized spacial score (nSPS) is 23.3. The van der Waals surface area contributed by atoms with Crippen molar-refractivity contribution in [2.24, 2.45) is 5.92 Å². The molecular formula is C16H26N4O4S. The molecule has 8 nitrogen and oxygen atoms in total. The smallest absolute Gasteiger partial charge is 0.236 e. The zero-order valence-electron chi connectivity index (χ0n) is 14.3. The highest BCUT2D eigenvalue weighted by molar-refractivity contribution is 7.90. The third kappa shape index (κ3) is 5.97. The molecule has 1 saturated carbocycles. The predicted octanol–water partition coefficient (Wildman–Crippen LogP) is 0.163. The van der Waals surface area contributed by atoms with Crippen LogP contribution in [0.3, 0.4) is 0 Å². The van der Waals surface area contributed by atoms with E-state index >= 15 is 0 Å². The minimum atomic E-state index is -3.51. The van der Waals surface area contributed by atoms with Crippen molar-refractivity contribution in [3.8, 4) is 6.07 Å². The molecule has 0 aromatic rings. The number of nitrogens with zero attached hydrogens (tertiary/aromatic N) is 1. The standard InChI is InChI=1S/C16H26N4O4S/c17-10-13(9-12-5-4-8-18-16(12)22)20-15(21)11-19-25(23,24)14-6-2-1-3-7-14/h12-14,19H,1-9,11H2,(H,18,22)(H,20,21)/t12-,13-/m0/s1. The van der Waals surface area contributed by atoms with E-state index < -0.39 is 27.2 Å². The van der Waals surface area contributed by atoms with Crippen LogP contribution in [0, 0.1) is 17.2 Å². The summed E-state index contributed by atoms with van der Waals surface area (Å²) in [6, 6.07) is 1.17. The first-order valence-corrected chi connectivity index (χ1v) is 10.4. The second-order valence-electron chi connectivity index (χ2n) is 6.74. The molecule has 2 aliphatic rings. The van der Waals surface area contributed by atoms with Gasteiger partial charge in [0, 0.05) is 12.5 Å². The summed E-state index contributed by atoms with van der Waals surface area (Å²) in [6.07, 6.45) is 5.84. The zero-order valence-corrected chi connectivity index (χ0v) is 15.1. The monoisotopic (exact) mass is 370 g/mol. The molecule has 0 spiro atoms. The van der Waals surface area contributed by atoms with E-state index in [1.54, 1.807) is 0 Å². The fourth-order valence-electron chi connectivity index (χ4n) is 3.39. The topological polar surface area (TPSA) is 128 Å². The van der Waals surface area contributed by atoms with Crippen molar-refractivity contribution in [3.05, 3.63) is 0 Å². The van der Waals surface area contributed by atoms with Crippen LogP contribution in [0.5, 0.6) is 0 Å². The van der Waals surface area contributed by atoms with Gasteiger partial charge in [0.15, 0.2) is 0 Å². The molecule has 140 valence electrons. The number of carbonyl (C=O) groups is 2. The van der Waals surface area contributed by atoms with E-state index in [0.29, 0.717) is 25.8 Å². The van der Waals surface area contributed by atoms with E-state index in [0.717, 1.165) is 25.7 Å². The molecule has 9 heteroatoms. The van der Waals surface area contributed by atoms with Crippen LogP contribution in [-0.2, 0) is 19.6 Å². The van der Waals surface area contributed by atoms with Crippen LogP contribution >= 0.6 is 0 Å². The van der Waals surface area contributed by atoms with E-state index in [-0.39, 0.29) is 24.8 Å². The van der Waals surface area contributed by atoms with Gasteiger partial charge in [0.2, 0.25) is 21.8 Å².